The Labute approximate surface area is 88.3 Å². The molecular weight excluding hydrogens is 202 g/mol. The molecule has 0 saturated carbocycles. The summed E-state index contributed by atoms with van der Waals surface area (Å²) in [4.78, 5) is 21.9. The van der Waals surface area contributed by atoms with E-state index >= 15 is 0 Å². The highest BCUT2D eigenvalue weighted by molar-refractivity contribution is 5.81. The van der Waals surface area contributed by atoms with Crippen molar-refractivity contribution < 1.29 is 29.4 Å². The fourth-order valence-electron chi connectivity index (χ4n) is 1.60. The molecule has 0 aromatic heterocycles. The van der Waals surface area contributed by atoms with Crippen molar-refractivity contribution in [2.75, 3.05) is 27.7 Å². The van der Waals surface area contributed by atoms with Crippen LogP contribution in [0.5, 0.6) is 0 Å². The second kappa shape index (κ2) is 5.09. The summed E-state index contributed by atoms with van der Waals surface area (Å²) >= 11 is 0. The molecule has 6 nitrogen and oxygen atoms in total. The van der Waals surface area contributed by atoms with E-state index in [2.05, 4.69) is 0 Å². The first-order valence-corrected chi connectivity index (χ1v) is 4.59. The minimum Gasteiger partial charge on any atom is -0.481 e. The van der Waals surface area contributed by atoms with Gasteiger partial charge in [0.1, 0.15) is 5.92 Å². The summed E-state index contributed by atoms with van der Waals surface area (Å²) in [5.74, 6) is -3.43. The Balaban J connectivity index is 5.02. The monoisotopic (exact) mass is 220 g/mol. The fourth-order valence-corrected chi connectivity index (χ4v) is 1.60. The molecule has 0 aromatic carbocycles. The van der Waals surface area contributed by atoms with Crippen LogP contribution in [0.25, 0.3) is 0 Å². The minimum atomic E-state index is -1.19. The molecule has 0 aromatic rings. The predicted octanol–water partition coefficient (Wildman–Crippen LogP) is -0.771. The van der Waals surface area contributed by atoms with Crippen LogP contribution in [0.15, 0.2) is 0 Å². The molecular formula is C9H18NO5+. The van der Waals surface area contributed by atoms with E-state index in [1.54, 1.807) is 21.1 Å². The van der Waals surface area contributed by atoms with Crippen molar-refractivity contribution in [3.63, 3.8) is 0 Å². The summed E-state index contributed by atoms with van der Waals surface area (Å²) in [5, 5.41) is 26.6. The van der Waals surface area contributed by atoms with E-state index < -0.39 is 23.9 Å². The normalized spacial score (nSPS) is 15.7. The molecule has 0 fully saturated rings. The van der Waals surface area contributed by atoms with Crippen molar-refractivity contribution in [3.05, 3.63) is 0 Å². The highest BCUT2D eigenvalue weighted by atomic mass is 16.4. The highest BCUT2D eigenvalue weighted by Crippen LogP contribution is 2.18. The summed E-state index contributed by atoms with van der Waals surface area (Å²) in [6, 6.07) is -1.06. The van der Waals surface area contributed by atoms with Crippen LogP contribution in [0.3, 0.4) is 0 Å². The molecule has 6 heteroatoms. The third kappa shape index (κ3) is 3.85. The van der Waals surface area contributed by atoms with E-state index in [0.717, 1.165) is 0 Å². The van der Waals surface area contributed by atoms with Gasteiger partial charge in [0, 0.05) is 6.61 Å². The number of carbonyl (C=O) groups is 2. The van der Waals surface area contributed by atoms with Crippen molar-refractivity contribution in [2.24, 2.45) is 5.92 Å². The van der Waals surface area contributed by atoms with Crippen LogP contribution in [-0.2, 0) is 9.59 Å². The Morgan fingerprint density at radius 1 is 1.13 bits per heavy atom. The summed E-state index contributed by atoms with van der Waals surface area (Å²) < 4.78 is 0.00625. The summed E-state index contributed by atoms with van der Waals surface area (Å²) in [6.07, 6.45) is -0.0537. The van der Waals surface area contributed by atoms with E-state index in [-0.39, 0.29) is 17.5 Å². The number of likely N-dealkylation sites (N-methyl/N-ethyl adjacent to an activating group) is 1. The Morgan fingerprint density at radius 3 is 1.80 bits per heavy atom. The van der Waals surface area contributed by atoms with Gasteiger partial charge in [0.15, 0.2) is 6.04 Å². The zero-order chi connectivity index (χ0) is 12.2. The number of carboxylic acid groups (broad SMARTS) is 2. The smallest absolute Gasteiger partial charge is 0.363 e. The molecule has 0 amide bonds. The maximum Gasteiger partial charge on any atom is 0.363 e. The highest BCUT2D eigenvalue weighted by Gasteiger charge is 2.42. The third-order valence-electron chi connectivity index (χ3n) is 2.23. The van der Waals surface area contributed by atoms with Gasteiger partial charge < -0.3 is 19.8 Å². The number of hydrogen-bond donors (Lipinski definition) is 3. The second-order valence-electron chi connectivity index (χ2n) is 4.36. The Morgan fingerprint density at radius 2 is 1.60 bits per heavy atom. The number of carboxylic acids is 2. The first-order chi connectivity index (χ1) is 6.71. The Bertz CT molecular complexity index is 245. The number of aliphatic hydroxyl groups is 1. The number of hydrogen-bond acceptors (Lipinski definition) is 3. The molecule has 2 atom stereocenters. The van der Waals surface area contributed by atoms with Crippen molar-refractivity contribution in [2.45, 2.75) is 12.5 Å². The van der Waals surface area contributed by atoms with Gasteiger partial charge in [-0.1, -0.05) is 0 Å². The molecule has 0 bridgehead atoms. The zero-order valence-electron chi connectivity index (χ0n) is 9.17. The summed E-state index contributed by atoms with van der Waals surface area (Å²) in [6.45, 7) is -0.333. The van der Waals surface area contributed by atoms with Gasteiger partial charge >= 0.3 is 11.9 Å². The zero-order valence-corrected chi connectivity index (χ0v) is 9.17. The molecule has 0 rings (SSSR count). The van der Waals surface area contributed by atoms with Gasteiger partial charge in [0.25, 0.3) is 0 Å². The largest absolute Gasteiger partial charge is 0.481 e. The van der Waals surface area contributed by atoms with Gasteiger partial charge in [-0.05, 0) is 6.42 Å². The number of quaternary nitrogens is 1. The van der Waals surface area contributed by atoms with Crippen molar-refractivity contribution in [1.29, 1.82) is 0 Å². The van der Waals surface area contributed by atoms with E-state index in [1.165, 1.54) is 0 Å². The SMILES string of the molecule is C[N+](C)(C)C(C(=O)O)C(CCO)C(=O)O. The molecule has 88 valence electrons. The lowest BCUT2D eigenvalue weighted by Crippen LogP contribution is -2.55. The van der Waals surface area contributed by atoms with Gasteiger partial charge in [-0.2, -0.15) is 0 Å². The number of aliphatic carboxylic acids is 2. The first kappa shape index (κ1) is 13.9. The van der Waals surface area contributed by atoms with Crippen LogP contribution in [-0.4, -0.2) is 65.5 Å². The van der Waals surface area contributed by atoms with Crippen LogP contribution in [0.1, 0.15) is 6.42 Å². The van der Waals surface area contributed by atoms with Gasteiger partial charge in [-0.25, -0.2) is 4.79 Å². The quantitative estimate of drug-likeness (QED) is 0.511. The summed E-state index contributed by atoms with van der Waals surface area (Å²) in [7, 11) is 4.85. The van der Waals surface area contributed by atoms with Crippen LogP contribution >= 0.6 is 0 Å². The van der Waals surface area contributed by atoms with Gasteiger partial charge in [0.2, 0.25) is 0 Å². The van der Waals surface area contributed by atoms with Crippen LogP contribution in [0, 0.1) is 5.92 Å². The lowest BCUT2D eigenvalue weighted by Gasteiger charge is -2.34. The van der Waals surface area contributed by atoms with Crippen molar-refractivity contribution in [1.82, 2.24) is 0 Å². The van der Waals surface area contributed by atoms with Gasteiger partial charge in [-0.15, -0.1) is 0 Å². The topological polar surface area (TPSA) is 94.8 Å². The average Bonchev–Trinajstić information content (AvgIpc) is 1.99. The molecule has 0 radical (unpaired) electrons. The molecule has 0 heterocycles. The van der Waals surface area contributed by atoms with E-state index in [9.17, 15) is 9.59 Å². The Kier molecular flexibility index (Phi) is 4.70. The number of aliphatic hydroxyl groups excluding tert-OH is 1. The Hall–Kier alpha value is -1.14. The minimum absolute atomic E-state index is 0.00625. The second-order valence-corrected chi connectivity index (χ2v) is 4.36. The van der Waals surface area contributed by atoms with E-state index in [0.29, 0.717) is 0 Å². The lowest BCUT2D eigenvalue weighted by atomic mass is 9.94. The maximum atomic E-state index is 11.0. The molecule has 0 aliphatic carbocycles. The molecule has 0 aliphatic heterocycles. The molecule has 0 saturated heterocycles. The van der Waals surface area contributed by atoms with Crippen LogP contribution in [0.2, 0.25) is 0 Å². The fraction of sp³-hybridized carbons (Fsp3) is 0.778. The van der Waals surface area contributed by atoms with E-state index in [4.69, 9.17) is 15.3 Å². The maximum absolute atomic E-state index is 11.0. The number of rotatable bonds is 6. The molecule has 3 N–H and O–H groups in total. The van der Waals surface area contributed by atoms with Gasteiger partial charge in [0.05, 0.1) is 21.1 Å². The van der Waals surface area contributed by atoms with Crippen LogP contribution in [0.4, 0.5) is 0 Å². The van der Waals surface area contributed by atoms with Crippen molar-refractivity contribution in [3.8, 4) is 0 Å². The first-order valence-electron chi connectivity index (χ1n) is 4.59. The van der Waals surface area contributed by atoms with Crippen LogP contribution < -0.4 is 0 Å². The average molecular weight is 220 g/mol. The molecule has 0 spiro atoms. The predicted molar refractivity (Wildman–Crippen MR) is 52.3 cm³/mol. The lowest BCUT2D eigenvalue weighted by molar-refractivity contribution is -0.890. The number of nitrogens with zero attached hydrogens (tertiary/aromatic N) is 1. The summed E-state index contributed by atoms with van der Waals surface area (Å²) in [5.41, 5.74) is 0. The van der Waals surface area contributed by atoms with Crippen molar-refractivity contribution >= 4 is 11.9 Å². The molecule has 0 aliphatic rings. The van der Waals surface area contributed by atoms with E-state index in [1.807, 2.05) is 0 Å². The molecule has 2 unspecified atom stereocenters. The van der Waals surface area contributed by atoms with Gasteiger partial charge in [-0.3, -0.25) is 4.79 Å². The third-order valence-corrected chi connectivity index (χ3v) is 2.23. The molecule has 15 heavy (non-hydrogen) atoms. The standard InChI is InChI=1S/C9H17NO5/c1-10(2,3)7(9(14)15)6(4-5-11)8(12)13/h6-7,11H,4-5H2,1-3H3,(H-,12,13,14,15)/p+1.